The summed E-state index contributed by atoms with van der Waals surface area (Å²) in [7, 11) is 0. The SMILES string of the molecule is CCc1cc(NCc2ccc(-c3ccccc3-c3nn[nH]n3)cc2)n2c(C=O)cnc2n1. The van der Waals surface area contributed by atoms with Crippen LogP contribution in [0.4, 0.5) is 5.82 Å². The molecular formula is C23H20N8O. The number of aryl methyl sites for hydroxylation is 1. The van der Waals surface area contributed by atoms with E-state index in [2.05, 4.69) is 60.2 Å². The minimum absolute atomic E-state index is 0.464. The molecule has 2 aromatic carbocycles. The highest BCUT2D eigenvalue weighted by atomic mass is 16.1. The fourth-order valence-electron chi connectivity index (χ4n) is 3.66. The second kappa shape index (κ2) is 8.38. The van der Waals surface area contributed by atoms with Crippen molar-refractivity contribution in [2.45, 2.75) is 19.9 Å². The molecule has 0 saturated heterocycles. The molecule has 9 nitrogen and oxygen atoms in total. The predicted molar refractivity (Wildman–Crippen MR) is 120 cm³/mol. The van der Waals surface area contributed by atoms with Gasteiger partial charge < -0.3 is 5.32 Å². The van der Waals surface area contributed by atoms with Crippen LogP contribution in [0.1, 0.15) is 28.7 Å². The molecule has 0 spiro atoms. The average Bonchev–Trinajstić information content (AvgIpc) is 3.53. The van der Waals surface area contributed by atoms with Crippen LogP contribution >= 0.6 is 0 Å². The fourth-order valence-corrected chi connectivity index (χ4v) is 3.66. The summed E-state index contributed by atoms with van der Waals surface area (Å²) in [6, 6.07) is 18.2. The number of tetrazole rings is 1. The van der Waals surface area contributed by atoms with Crippen LogP contribution in [0.5, 0.6) is 0 Å². The van der Waals surface area contributed by atoms with Gasteiger partial charge in [-0.2, -0.15) is 5.21 Å². The average molecular weight is 424 g/mol. The van der Waals surface area contributed by atoms with Crippen LogP contribution in [0.3, 0.4) is 0 Å². The lowest BCUT2D eigenvalue weighted by molar-refractivity contribution is 0.111. The maximum absolute atomic E-state index is 11.4. The van der Waals surface area contributed by atoms with Crippen LogP contribution in [-0.2, 0) is 13.0 Å². The van der Waals surface area contributed by atoms with Gasteiger partial charge >= 0.3 is 0 Å². The van der Waals surface area contributed by atoms with Gasteiger partial charge in [0, 0.05) is 23.9 Å². The van der Waals surface area contributed by atoms with Crippen LogP contribution in [-0.4, -0.2) is 41.3 Å². The standard InChI is InChI=1S/C23H20N8O/c1-2-17-11-21(31-18(14-32)13-25-23(31)26-17)24-12-15-7-9-16(10-8-15)19-5-3-4-6-20(19)22-27-29-30-28-22/h3-11,13-14,24H,2,12H2,1H3,(H,27,28,29,30). The number of aromatic amines is 1. The van der Waals surface area contributed by atoms with Crippen LogP contribution < -0.4 is 5.32 Å². The van der Waals surface area contributed by atoms with Gasteiger partial charge in [0.25, 0.3) is 0 Å². The lowest BCUT2D eigenvalue weighted by Crippen LogP contribution is -2.08. The van der Waals surface area contributed by atoms with Gasteiger partial charge in [-0.05, 0) is 28.3 Å². The van der Waals surface area contributed by atoms with Gasteiger partial charge in [0.1, 0.15) is 11.5 Å². The summed E-state index contributed by atoms with van der Waals surface area (Å²) in [5, 5.41) is 17.8. The second-order valence-electron chi connectivity index (χ2n) is 7.25. The van der Waals surface area contributed by atoms with E-state index in [1.807, 2.05) is 37.3 Å². The number of fused-ring (bicyclic) bond motifs is 1. The van der Waals surface area contributed by atoms with Crippen molar-refractivity contribution in [3.63, 3.8) is 0 Å². The minimum Gasteiger partial charge on any atom is -0.367 e. The molecule has 0 fully saturated rings. The summed E-state index contributed by atoms with van der Waals surface area (Å²) >= 11 is 0. The predicted octanol–water partition coefficient (Wildman–Crippen LogP) is 3.56. The molecule has 5 aromatic rings. The number of rotatable bonds is 7. The maximum atomic E-state index is 11.4. The molecule has 0 atom stereocenters. The van der Waals surface area contributed by atoms with E-state index < -0.39 is 0 Å². The van der Waals surface area contributed by atoms with Crippen molar-refractivity contribution < 1.29 is 4.79 Å². The summed E-state index contributed by atoms with van der Waals surface area (Å²) in [4.78, 5) is 20.2. The van der Waals surface area contributed by atoms with E-state index in [0.29, 0.717) is 23.8 Å². The lowest BCUT2D eigenvalue weighted by atomic mass is 9.98. The monoisotopic (exact) mass is 424 g/mol. The quantitative estimate of drug-likeness (QED) is 0.384. The summed E-state index contributed by atoms with van der Waals surface area (Å²) in [5.74, 6) is 1.87. The Morgan fingerprint density at radius 2 is 1.91 bits per heavy atom. The topological polar surface area (TPSA) is 114 Å². The van der Waals surface area contributed by atoms with E-state index in [9.17, 15) is 4.79 Å². The van der Waals surface area contributed by atoms with Crippen molar-refractivity contribution in [3.8, 4) is 22.5 Å². The molecule has 0 bridgehead atoms. The van der Waals surface area contributed by atoms with Gasteiger partial charge in [-0.25, -0.2) is 9.97 Å². The number of hydrogen-bond donors (Lipinski definition) is 2. The van der Waals surface area contributed by atoms with E-state index in [1.54, 1.807) is 4.40 Å². The molecule has 3 aromatic heterocycles. The molecule has 0 saturated carbocycles. The van der Waals surface area contributed by atoms with Gasteiger partial charge in [0.15, 0.2) is 6.29 Å². The fraction of sp³-hybridized carbons (Fsp3) is 0.130. The number of imidazole rings is 1. The molecular weight excluding hydrogens is 404 g/mol. The number of hydrogen-bond acceptors (Lipinski definition) is 7. The van der Waals surface area contributed by atoms with Crippen molar-refractivity contribution in [2.24, 2.45) is 0 Å². The number of H-pyrrole nitrogens is 1. The van der Waals surface area contributed by atoms with Gasteiger partial charge in [-0.3, -0.25) is 9.20 Å². The van der Waals surface area contributed by atoms with Crippen molar-refractivity contribution in [1.29, 1.82) is 0 Å². The van der Waals surface area contributed by atoms with E-state index in [0.717, 1.165) is 46.5 Å². The molecule has 9 heteroatoms. The molecule has 0 radical (unpaired) electrons. The zero-order valence-corrected chi connectivity index (χ0v) is 17.4. The molecule has 158 valence electrons. The normalized spacial score (nSPS) is 11.0. The molecule has 0 aliphatic rings. The largest absolute Gasteiger partial charge is 0.367 e. The van der Waals surface area contributed by atoms with E-state index in [4.69, 9.17) is 0 Å². The molecule has 32 heavy (non-hydrogen) atoms. The summed E-state index contributed by atoms with van der Waals surface area (Å²) in [6.45, 7) is 2.63. The number of aldehydes is 1. The van der Waals surface area contributed by atoms with E-state index in [-0.39, 0.29) is 0 Å². The Hall–Kier alpha value is -4.40. The highest BCUT2D eigenvalue weighted by Crippen LogP contribution is 2.29. The molecule has 0 amide bonds. The number of nitrogens with zero attached hydrogens (tertiary/aromatic N) is 6. The van der Waals surface area contributed by atoms with Crippen molar-refractivity contribution in [3.05, 3.63) is 77.7 Å². The first-order valence-corrected chi connectivity index (χ1v) is 10.3. The number of aromatic nitrogens is 7. The van der Waals surface area contributed by atoms with Crippen molar-refractivity contribution in [2.75, 3.05) is 5.32 Å². The van der Waals surface area contributed by atoms with E-state index >= 15 is 0 Å². The van der Waals surface area contributed by atoms with Crippen LogP contribution in [0.25, 0.3) is 28.3 Å². The summed E-state index contributed by atoms with van der Waals surface area (Å²) in [6.07, 6.45) is 3.10. The Bertz CT molecular complexity index is 1370. The number of benzene rings is 2. The summed E-state index contributed by atoms with van der Waals surface area (Å²) < 4.78 is 1.74. The third kappa shape index (κ3) is 3.60. The van der Waals surface area contributed by atoms with Crippen LogP contribution in [0, 0.1) is 0 Å². The smallest absolute Gasteiger partial charge is 0.236 e. The van der Waals surface area contributed by atoms with Gasteiger partial charge in [-0.1, -0.05) is 55.5 Å². The van der Waals surface area contributed by atoms with Gasteiger partial charge in [0.2, 0.25) is 11.6 Å². The first-order chi connectivity index (χ1) is 15.8. The summed E-state index contributed by atoms with van der Waals surface area (Å²) in [5.41, 5.74) is 5.49. The molecule has 2 N–H and O–H groups in total. The minimum atomic E-state index is 0.464. The third-order valence-corrected chi connectivity index (χ3v) is 5.29. The first-order valence-electron chi connectivity index (χ1n) is 10.3. The van der Waals surface area contributed by atoms with Gasteiger partial charge in [0.05, 0.1) is 6.20 Å². The van der Waals surface area contributed by atoms with Gasteiger partial charge in [-0.15, -0.1) is 10.2 Å². The maximum Gasteiger partial charge on any atom is 0.236 e. The highest BCUT2D eigenvalue weighted by molar-refractivity contribution is 5.80. The first kappa shape index (κ1) is 19.6. The molecule has 0 aliphatic carbocycles. The number of carbonyl (C=O) groups excluding carboxylic acids is 1. The molecule has 5 rings (SSSR count). The lowest BCUT2D eigenvalue weighted by Gasteiger charge is -2.12. The Balaban J connectivity index is 1.40. The molecule has 0 unspecified atom stereocenters. The zero-order chi connectivity index (χ0) is 21.9. The Morgan fingerprint density at radius 3 is 2.62 bits per heavy atom. The van der Waals surface area contributed by atoms with Crippen molar-refractivity contribution >= 4 is 17.9 Å². The third-order valence-electron chi connectivity index (χ3n) is 5.29. The number of nitrogens with one attached hydrogen (secondary N) is 2. The Morgan fingerprint density at radius 1 is 1.09 bits per heavy atom. The molecule has 0 aliphatic heterocycles. The highest BCUT2D eigenvalue weighted by Gasteiger charge is 2.12. The number of anilines is 1. The Labute approximate surface area is 183 Å². The van der Waals surface area contributed by atoms with E-state index in [1.165, 1.54) is 6.20 Å². The second-order valence-corrected chi connectivity index (χ2v) is 7.25. The van der Waals surface area contributed by atoms with Crippen molar-refractivity contribution in [1.82, 2.24) is 35.0 Å². The van der Waals surface area contributed by atoms with Crippen LogP contribution in [0.15, 0.2) is 60.8 Å². The van der Waals surface area contributed by atoms with Crippen LogP contribution in [0.2, 0.25) is 0 Å². The zero-order valence-electron chi connectivity index (χ0n) is 17.4. The Kier molecular flexibility index (Phi) is 5.12. The number of carbonyl (C=O) groups is 1. The molecule has 3 heterocycles.